The highest BCUT2D eigenvalue weighted by Crippen LogP contribution is 2.27. The van der Waals surface area contributed by atoms with Gasteiger partial charge in [-0.15, -0.1) is 10.2 Å². The van der Waals surface area contributed by atoms with Crippen LogP contribution in [-0.4, -0.2) is 38.8 Å². The van der Waals surface area contributed by atoms with Gasteiger partial charge < -0.3 is 4.90 Å². The fourth-order valence-corrected chi connectivity index (χ4v) is 1.36. The Bertz CT molecular complexity index is 585. The summed E-state index contributed by atoms with van der Waals surface area (Å²) in [7, 11) is 3.61. The third-order valence-corrected chi connectivity index (χ3v) is 2.14. The Morgan fingerprint density at radius 2 is 2.00 bits per heavy atom. The standard InChI is InChI=1S/C10H10F3N5/c1-17(2)6-4-7-3-5-14-18-8(7)15-16-9(18)10(11,12)13/h3-6H,1-2H3/b6-4+. The molecule has 0 atom stereocenters. The second-order valence-corrected chi connectivity index (χ2v) is 3.82. The van der Waals surface area contributed by atoms with E-state index in [-0.39, 0.29) is 5.65 Å². The SMILES string of the molecule is CN(C)/C=C/c1ccnn2c(C(F)(F)F)nnc12. The molecule has 96 valence electrons. The number of fused-ring (bicyclic) bond motifs is 1. The lowest BCUT2D eigenvalue weighted by Gasteiger charge is -2.04. The summed E-state index contributed by atoms with van der Waals surface area (Å²) in [6, 6.07) is 1.57. The minimum Gasteiger partial charge on any atom is -0.383 e. The van der Waals surface area contributed by atoms with Gasteiger partial charge in [0.05, 0.1) is 0 Å². The summed E-state index contributed by atoms with van der Waals surface area (Å²) in [5, 5.41) is 10.3. The maximum atomic E-state index is 12.6. The Kier molecular flexibility index (Phi) is 2.93. The van der Waals surface area contributed by atoms with Gasteiger partial charge in [-0.1, -0.05) is 0 Å². The van der Waals surface area contributed by atoms with Crippen LogP contribution in [0.4, 0.5) is 13.2 Å². The topological polar surface area (TPSA) is 46.3 Å². The van der Waals surface area contributed by atoms with E-state index in [4.69, 9.17) is 0 Å². The smallest absolute Gasteiger partial charge is 0.383 e. The Labute approximate surface area is 101 Å². The Hall–Kier alpha value is -2.12. The molecule has 0 spiro atoms. The molecule has 0 bridgehead atoms. The monoisotopic (exact) mass is 257 g/mol. The molecule has 0 fully saturated rings. The lowest BCUT2D eigenvalue weighted by atomic mass is 10.3. The van der Waals surface area contributed by atoms with Crippen molar-refractivity contribution in [1.82, 2.24) is 24.7 Å². The van der Waals surface area contributed by atoms with Crippen LogP contribution in [0.15, 0.2) is 18.5 Å². The molecule has 0 aliphatic rings. The highest BCUT2D eigenvalue weighted by molar-refractivity contribution is 5.64. The van der Waals surface area contributed by atoms with Gasteiger partial charge in [0.25, 0.3) is 5.82 Å². The van der Waals surface area contributed by atoms with Gasteiger partial charge in [-0.3, -0.25) is 0 Å². The van der Waals surface area contributed by atoms with Crippen LogP contribution in [-0.2, 0) is 6.18 Å². The molecule has 0 aliphatic heterocycles. The minimum absolute atomic E-state index is 0.0722. The summed E-state index contributed by atoms with van der Waals surface area (Å²) in [5.41, 5.74) is 0.588. The van der Waals surface area contributed by atoms with Gasteiger partial charge in [0.15, 0.2) is 5.65 Å². The van der Waals surface area contributed by atoms with Gasteiger partial charge in [-0.2, -0.15) is 22.8 Å². The number of alkyl halides is 3. The Balaban J connectivity index is 2.56. The van der Waals surface area contributed by atoms with Crippen LogP contribution in [0, 0.1) is 0 Å². The zero-order chi connectivity index (χ0) is 13.3. The molecule has 2 aromatic rings. The van der Waals surface area contributed by atoms with E-state index in [2.05, 4.69) is 15.3 Å². The van der Waals surface area contributed by atoms with Crippen LogP contribution < -0.4 is 0 Å². The Morgan fingerprint density at radius 1 is 1.28 bits per heavy atom. The summed E-state index contributed by atoms with van der Waals surface area (Å²) in [6.45, 7) is 0. The Morgan fingerprint density at radius 3 is 2.61 bits per heavy atom. The van der Waals surface area contributed by atoms with Gasteiger partial charge in [0.2, 0.25) is 0 Å². The second kappa shape index (κ2) is 4.28. The quantitative estimate of drug-likeness (QED) is 0.821. The molecule has 0 unspecified atom stereocenters. The van der Waals surface area contributed by atoms with Gasteiger partial charge in [0, 0.05) is 25.9 Å². The molecule has 0 amide bonds. The number of nitrogens with zero attached hydrogens (tertiary/aromatic N) is 5. The molecule has 0 aromatic carbocycles. The molecular formula is C10H10F3N5. The first kappa shape index (κ1) is 12.3. The van der Waals surface area contributed by atoms with E-state index in [1.807, 2.05) is 0 Å². The second-order valence-electron chi connectivity index (χ2n) is 3.82. The van der Waals surface area contributed by atoms with E-state index in [1.54, 1.807) is 37.3 Å². The number of halogens is 3. The number of hydrogen-bond acceptors (Lipinski definition) is 4. The highest BCUT2D eigenvalue weighted by atomic mass is 19.4. The first-order chi connectivity index (χ1) is 8.39. The predicted octanol–water partition coefficient (Wildman–Crippen LogP) is 1.68. The number of hydrogen-bond donors (Lipinski definition) is 0. The molecule has 2 rings (SSSR count). The summed E-state index contributed by atoms with van der Waals surface area (Å²) in [4.78, 5) is 1.76. The third-order valence-electron chi connectivity index (χ3n) is 2.14. The molecule has 5 nitrogen and oxygen atoms in total. The average molecular weight is 257 g/mol. The van der Waals surface area contributed by atoms with E-state index < -0.39 is 12.0 Å². The maximum Gasteiger partial charge on any atom is 0.453 e. The first-order valence-electron chi connectivity index (χ1n) is 5.02. The van der Waals surface area contributed by atoms with Gasteiger partial charge >= 0.3 is 6.18 Å². The van der Waals surface area contributed by atoms with Gasteiger partial charge in [-0.25, -0.2) is 0 Å². The molecule has 18 heavy (non-hydrogen) atoms. The highest BCUT2D eigenvalue weighted by Gasteiger charge is 2.37. The van der Waals surface area contributed by atoms with Crippen molar-refractivity contribution in [3.05, 3.63) is 29.9 Å². The molecule has 0 saturated carbocycles. The van der Waals surface area contributed by atoms with E-state index in [0.717, 1.165) is 0 Å². The van der Waals surface area contributed by atoms with Gasteiger partial charge in [0.1, 0.15) is 0 Å². The van der Waals surface area contributed by atoms with E-state index >= 15 is 0 Å². The van der Waals surface area contributed by atoms with Gasteiger partial charge in [-0.05, 0) is 18.3 Å². The first-order valence-corrected chi connectivity index (χ1v) is 5.02. The molecule has 0 saturated heterocycles. The van der Waals surface area contributed by atoms with E-state index in [1.165, 1.54) is 6.20 Å². The molecule has 2 aromatic heterocycles. The van der Waals surface area contributed by atoms with Crippen molar-refractivity contribution >= 4 is 11.7 Å². The summed E-state index contributed by atoms with van der Waals surface area (Å²) >= 11 is 0. The zero-order valence-corrected chi connectivity index (χ0v) is 9.68. The van der Waals surface area contributed by atoms with Crippen molar-refractivity contribution in [3.63, 3.8) is 0 Å². The summed E-state index contributed by atoms with van der Waals surface area (Å²) in [6.07, 6.45) is 0.0559. The summed E-state index contributed by atoms with van der Waals surface area (Å²) in [5.74, 6) is -1.13. The maximum absolute atomic E-state index is 12.6. The van der Waals surface area contributed by atoms with Crippen molar-refractivity contribution in [2.45, 2.75) is 6.18 Å². The minimum atomic E-state index is -4.57. The largest absolute Gasteiger partial charge is 0.453 e. The van der Waals surface area contributed by atoms with Crippen LogP contribution >= 0.6 is 0 Å². The van der Waals surface area contributed by atoms with Crippen molar-refractivity contribution < 1.29 is 13.2 Å². The van der Waals surface area contributed by atoms with Crippen LogP contribution in [0.1, 0.15) is 11.4 Å². The fourth-order valence-electron chi connectivity index (χ4n) is 1.36. The van der Waals surface area contributed by atoms with E-state index in [0.29, 0.717) is 10.1 Å². The number of rotatable bonds is 2. The zero-order valence-electron chi connectivity index (χ0n) is 9.68. The van der Waals surface area contributed by atoms with Crippen molar-refractivity contribution in [1.29, 1.82) is 0 Å². The predicted molar refractivity (Wildman–Crippen MR) is 58.5 cm³/mol. The molecule has 0 N–H and O–H groups in total. The molecule has 2 heterocycles. The van der Waals surface area contributed by atoms with Crippen LogP contribution in [0.25, 0.3) is 11.7 Å². The van der Waals surface area contributed by atoms with E-state index in [9.17, 15) is 13.2 Å². The van der Waals surface area contributed by atoms with Crippen molar-refractivity contribution in [2.75, 3.05) is 14.1 Å². The van der Waals surface area contributed by atoms with Crippen molar-refractivity contribution in [2.24, 2.45) is 0 Å². The van der Waals surface area contributed by atoms with Crippen LogP contribution in [0.3, 0.4) is 0 Å². The molecular weight excluding hydrogens is 247 g/mol. The lowest BCUT2D eigenvalue weighted by Crippen LogP contribution is -2.12. The summed E-state index contributed by atoms with van der Waals surface area (Å²) < 4.78 is 38.5. The average Bonchev–Trinajstić information content (AvgIpc) is 2.69. The molecule has 8 heteroatoms. The normalized spacial score (nSPS) is 12.5. The fraction of sp³-hybridized carbons (Fsp3) is 0.300. The lowest BCUT2D eigenvalue weighted by molar-refractivity contribution is -0.146. The van der Waals surface area contributed by atoms with Crippen LogP contribution in [0.5, 0.6) is 0 Å². The van der Waals surface area contributed by atoms with Crippen molar-refractivity contribution in [3.8, 4) is 0 Å². The molecule has 0 aliphatic carbocycles. The van der Waals surface area contributed by atoms with Crippen LogP contribution in [0.2, 0.25) is 0 Å². The third kappa shape index (κ3) is 2.27. The molecule has 0 radical (unpaired) electrons. The number of aromatic nitrogens is 4.